The van der Waals surface area contributed by atoms with Crippen LogP contribution >= 0.6 is 0 Å². The summed E-state index contributed by atoms with van der Waals surface area (Å²) in [6.07, 6.45) is 9.93. The van der Waals surface area contributed by atoms with E-state index in [-0.39, 0.29) is 25.7 Å². The highest BCUT2D eigenvalue weighted by molar-refractivity contribution is 5.60. The van der Waals surface area contributed by atoms with Gasteiger partial charge in [0.25, 0.3) is 0 Å². The van der Waals surface area contributed by atoms with Gasteiger partial charge in [0.1, 0.15) is 0 Å². The van der Waals surface area contributed by atoms with Gasteiger partial charge in [-0.3, -0.25) is 0 Å². The third-order valence-electron chi connectivity index (χ3n) is 12.1. The topological polar surface area (TPSA) is 38.0 Å². The minimum absolute atomic E-state index is 0. The van der Waals surface area contributed by atoms with Crippen molar-refractivity contribution in [2.75, 3.05) is 0 Å². The van der Waals surface area contributed by atoms with Crippen LogP contribution in [-0.4, -0.2) is 0 Å². The monoisotopic (exact) mass is 648 g/mol. The van der Waals surface area contributed by atoms with Crippen LogP contribution in [0.3, 0.4) is 0 Å². The van der Waals surface area contributed by atoms with Crippen LogP contribution in [0.2, 0.25) is 0 Å². The number of hydrogen-bond acceptors (Lipinski definition) is 2. The van der Waals surface area contributed by atoms with Gasteiger partial charge < -0.3 is 11.1 Å². The second-order valence-corrected chi connectivity index (χ2v) is 14.6. The van der Waals surface area contributed by atoms with Crippen LogP contribution in [-0.2, 0) is 56.1 Å². The molecule has 2 nitrogen and oxygen atoms in total. The molecule has 5 aromatic rings. The van der Waals surface area contributed by atoms with Crippen molar-refractivity contribution in [2.45, 2.75) is 111 Å². The summed E-state index contributed by atoms with van der Waals surface area (Å²) in [5.74, 6) is 0. The molecule has 0 saturated heterocycles. The highest BCUT2D eigenvalue weighted by Gasteiger charge is 2.47. The Hall–Kier alpha value is -3.98. The summed E-state index contributed by atoms with van der Waals surface area (Å²) >= 11 is 0. The lowest BCUT2D eigenvalue weighted by Gasteiger charge is -2.30. The van der Waals surface area contributed by atoms with E-state index in [0.29, 0.717) is 6.54 Å². The van der Waals surface area contributed by atoms with Gasteiger partial charge in [0.2, 0.25) is 0 Å². The normalized spacial score (nSPS) is 20.5. The molecule has 0 unspecified atom stereocenters. The van der Waals surface area contributed by atoms with Crippen LogP contribution in [0.25, 0.3) is 0 Å². The zero-order valence-corrected chi connectivity index (χ0v) is 28.2. The standard InChI is InChI=1S/C26H27N.C19H21N.2CH4/c1-19-7-5-10-21-13-15-26(24(19)21)16-14-22-11-6-12-23(25(22)26)18-27-17-20-8-3-2-4-9-20;1-13-4-2-5-14-8-10-19(17(13)14)11-9-15-6-3-7-16(12-20)18(15)19;;/h2-12,27H,13-18H2,1H3;2-7H,8-12,20H2,1H3;2*1H4/t26-;19-;;/m00../s1. The molecule has 4 aliphatic carbocycles. The van der Waals surface area contributed by atoms with E-state index >= 15 is 0 Å². The molecule has 2 heteroatoms. The number of benzene rings is 5. The molecular formula is C47H56N2. The molecule has 9 rings (SSSR count). The summed E-state index contributed by atoms with van der Waals surface area (Å²) in [5, 5.41) is 3.69. The van der Waals surface area contributed by atoms with Crippen LogP contribution in [0.4, 0.5) is 0 Å². The molecule has 0 aliphatic heterocycles. The van der Waals surface area contributed by atoms with Crippen molar-refractivity contribution >= 4 is 0 Å². The third-order valence-corrected chi connectivity index (χ3v) is 12.1. The lowest BCUT2D eigenvalue weighted by molar-refractivity contribution is 0.499. The van der Waals surface area contributed by atoms with Crippen molar-refractivity contribution in [3.8, 4) is 0 Å². The van der Waals surface area contributed by atoms with Crippen molar-refractivity contribution in [2.24, 2.45) is 5.73 Å². The molecule has 2 atom stereocenters. The van der Waals surface area contributed by atoms with E-state index in [9.17, 15) is 0 Å². The van der Waals surface area contributed by atoms with Gasteiger partial charge in [0.15, 0.2) is 0 Å². The molecule has 2 spiro atoms. The van der Waals surface area contributed by atoms with E-state index in [1.807, 2.05) is 0 Å². The average molecular weight is 649 g/mol. The van der Waals surface area contributed by atoms with Gasteiger partial charge in [-0.1, -0.05) is 118 Å². The predicted octanol–water partition coefficient (Wildman–Crippen LogP) is 10.4. The van der Waals surface area contributed by atoms with E-state index < -0.39 is 0 Å². The first kappa shape index (κ1) is 34.9. The van der Waals surface area contributed by atoms with E-state index in [1.165, 1.54) is 84.7 Å². The molecular weight excluding hydrogens is 593 g/mol. The fourth-order valence-corrected chi connectivity index (χ4v) is 10.3. The number of rotatable bonds is 5. The summed E-state index contributed by atoms with van der Waals surface area (Å²) in [6.45, 7) is 7.11. The number of nitrogens with one attached hydrogen (secondary N) is 1. The van der Waals surface area contributed by atoms with Crippen LogP contribution in [0.15, 0.2) is 103 Å². The summed E-state index contributed by atoms with van der Waals surface area (Å²) in [6, 6.07) is 38.1. The van der Waals surface area contributed by atoms with Crippen LogP contribution in [0, 0.1) is 13.8 Å². The van der Waals surface area contributed by atoms with E-state index in [4.69, 9.17) is 5.73 Å². The lowest BCUT2D eigenvalue weighted by atomic mass is 9.73. The molecule has 0 radical (unpaired) electrons. The third kappa shape index (κ3) is 5.77. The largest absolute Gasteiger partial charge is 0.326 e. The molecule has 0 heterocycles. The number of hydrogen-bond donors (Lipinski definition) is 2. The molecule has 0 amide bonds. The SMILES string of the molecule is C.C.Cc1cccc2c1[C@]1(CC2)CCc2cccc(CN)c21.Cc1cccc2c1[C@]1(CC2)CCc2cccc(CNCc3ccccc3)c21. The first-order valence-corrected chi connectivity index (χ1v) is 17.9. The second-order valence-electron chi connectivity index (χ2n) is 14.6. The summed E-state index contributed by atoms with van der Waals surface area (Å²) in [5.41, 5.74) is 26.4. The Morgan fingerprint density at radius 3 is 1.41 bits per heavy atom. The maximum absolute atomic E-state index is 6.03. The van der Waals surface area contributed by atoms with Gasteiger partial charge >= 0.3 is 0 Å². The van der Waals surface area contributed by atoms with Gasteiger partial charge in [0, 0.05) is 30.5 Å². The van der Waals surface area contributed by atoms with Crippen LogP contribution in [0.1, 0.15) is 113 Å². The number of nitrogens with two attached hydrogens (primary N) is 1. The predicted molar refractivity (Wildman–Crippen MR) is 208 cm³/mol. The smallest absolute Gasteiger partial charge is 0.0220 e. The summed E-state index contributed by atoms with van der Waals surface area (Å²) < 4.78 is 0. The van der Waals surface area contributed by atoms with E-state index in [0.717, 1.165) is 13.1 Å². The summed E-state index contributed by atoms with van der Waals surface area (Å²) in [7, 11) is 0. The average Bonchev–Trinajstić information content (AvgIpc) is 3.88. The Kier molecular flexibility index (Phi) is 10.0. The maximum Gasteiger partial charge on any atom is 0.0220 e. The second kappa shape index (κ2) is 14.1. The Bertz CT molecular complexity index is 1930. The fourth-order valence-electron chi connectivity index (χ4n) is 10.3. The van der Waals surface area contributed by atoms with Crippen molar-refractivity contribution in [3.05, 3.63) is 175 Å². The minimum Gasteiger partial charge on any atom is -0.326 e. The van der Waals surface area contributed by atoms with Crippen molar-refractivity contribution in [1.82, 2.24) is 5.32 Å². The zero-order chi connectivity index (χ0) is 32.0. The highest BCUT2D eigenvalue weighted by atomic mass is 14.8. The quantitative estimate of drug-likeness (QED) is 0.199. The molecule has 254 valence electrons. The van der Waals surface area contributed by atoms with E-state index in [1.54, 1.807) is 38.9 Å². The van der Waals surface area contributed by atoms with Gasteiger partial charge in [-0.25, -0.2) is 0 Å². The first-order valence-electron chi connectivity index (χ1n) is 17.9. The van der Waals surface area contributed by atoms with E-state index in [2.05, 4.69) is 122 Å². The fraction of sp³-hybridized carbons (Fsp3) is 0.362. The Morgan fingerprint density at radius 1 is 0.490 bits per heavy atom. The highest BCUT2D eigenvalue weighted by Crippen LogP contribution is 2.55. The van der Waals surface area contributed by atoms with Gasteiger partial charge in [-0.2, -0.15) is 0 Å². The van der Waals surface area contributed by atoms with Crippen LogP contribution < -0.4 is 11.1 Å². The van der Waals surface area contributed by atoms with Gasteiger partial charge in [-0.15, -0.1) is 0 Å². The molecule has 0 aromatic heterocycles. The molecule has 3 N–H and O–H groups in total. The Balaban J connectivity index is 0.000000170. The van der Waals surface area contributed by atoms with Crippen molar-refractivity contribution < 1.29 is 0 Å². The molecule has 0 saturated carbocycles. The molecule has 49 heavy (non-hydrogen) atoms. The van der Waals surface area contributed by atoms with Gasteiger partial charge in [-0.05, 0) is 138 Å². The number of aryl methyl sites for hydroxylation is 6. The summed E-state index contributed by atoms with van der Waals surface area (Å²) in [4.78, 5) is 0. The Morgan fingerprint density at radius 2 is 0.918 bits per heavy atom. The first-order chi connectivity index (χ1) is 23.0. The van der Waals surface area contributed by atoms with Crippen molar-refractivity contribution in [3.63, 3.8) is 0 Å². The zero-order valence-electron chi connectivity index (χ0n) is 28.2. The minimum atomic E-state index is 0. The number of fused-ring (bicyclic) bond motifs is 8. The Labute approximate surface area is 296 Å². The molecule has 4 aliphatic rings. The molecule has 5 aromatic carbocycles. The maximum atomic E-state index is 6.03. The van der Waals surface area contributed by atoms with Gasteiger partial charge in [0.05, 0.1) is 0 Å². The van der Waals surface area contributed by atoms with Crippen molar-refractivity contribution in [1.29, 1.82) is 0 Å². The molecule has 0 fully saturated rings. The lowest BCUT2D eigenvalue weighted by Crippen LogP contribution is -2.25. The van der Waals surface area contributed by atoms with Crippen LogP contribution in [0.5, 0.6) is 0 Å². The molecule has 0 bridgehead atoms.